The molecule has 0 aromatic carbocycles. The quantitative estimate of drug-likeness (QED) is 0.320. The zero-order valence-corrected chi connectivity index (χ0v) is 20.1. The minimum atomic E-state index is 0. The van der Waals surface area contributed by atoms with Gasteiger partial charge in [-0.1, -0.05) is 0 Å². The van der Waals surface area contributed by atoms with Crippen molar-refractivity contribution in [2.45, 2.75) is 26.8 Å². The molecule has 1 heterocycles. The number of likely N-dealkylation sites (N-methyl/N-ethyl adjacent to an activating group) is 3. The molecule has 1 rings (SSSR count). The Hall–Kier alpha value is -1.36. The van der Waals surface area contributed by atoms with Gasteiger partial charge in [-0.2, -0.15) is 5.10 Å². The second-order valence-corrected chi connectivity index (χ2v) is 6.54. The summed E-state index contributed by atoms with van der Waals surface area (Å²) in [6.07, 6.45) is 3.89. The van der Waals surface area contributed by atoms with Gasteiger partial charge in [0.05, 0.1) is 25.3 Å². The Balaban J connectivity index is 0.00000676. The van der Waals surface area contributed by atoms with Crippen LogP contribution < -0.4 is 5.32 Å². The maximum absolute atomic E-state index is 12.4. The van der Waals surface area contributed by atoms with Gasteiger partial charge in [-0.15, -0.1) is 24.0 Å². The molecule has 9 heteroatoms. The van der Waals surface area contributed by atoms with E-state index in [1.165, 1.54) is 0 Å². The van der Waals surface area contributed by atoms with E-state index in [1.807, 2.05) is 71.2 Å². The van der Waals surface area contributed by atoms with Crippen LogP contribution in [0.15, 0.2) is 17.4 Å². The predicted octanol–water partition coefficient (Wildman–Crippen LogP) is 1.41. The minimum Gasteiger partial charge on any atom is -0.357 e. The Morgan fingerprint density at radius 1 is 1.26 bits per heavy atom. The van der Waals surface area contributed by atoms with Crippen molar-refractivity contribution >= 4 is 35.8 Å². The Bertz CT molecular complexity index is 584. The van der Waals surface area contributed by atoms with Crippen molar-refractivity contribution in [3.8, 4) is 0 Å². The summed E-state index contributed by atoms with van der Waals surface area (Å²) in [5.74, 6) is 0.850. The van der Waals surface area contributed by atoms with Crippen molar-refractivity contribution in [1.82, 2.24) is 29.8 Å². The molecule has 0 saturated carbocycles. The van der Waals surface area contributed by atoms with Gasteiger partial charge in [0.1, 0.15) is 0 Å². The number of halogens is 1. The van der Waals surface area contributed by atoms with Crippen LogP contribution in [-0.2, 0) is 11.8 Å². The predicted molar refractivity (Wildman–Crippen MR) is 122 cm³/mol. The molecule has 0 saturated heterocycles. The first-order valence-electron chi connectivity index (χ1n) is 9.26. The highest BCUT2D eigenvalue weighted by molar-refractivity contribution is 14.0. The van der Waals surface area contributed by atoms with Crippen molar-refractivity contribution < 1.29 is 4.79 Å². The van der Waals surface area contributed by atoms with Crippen LogP contribution in [0.2, 0.25) is 0 Å². The van der Waals surface area contributed by atoms with Gasteiger partial charge in [0, 0.05) is 45.5 Å². The average molecular weight is 493 g/mol. The van der Waals surface area contributed by atoms with E-state index in [2.05, 4.69) is 15.3 Å². The molecular formula is C18H36IN7O. The first kappa shape index (κ1) is 25.6. The van der Waals surface area contributed by atoms with Crippen LogP contribution in [0.1, 0.15) is 32.4 Å². The number of carbonyl (C=O) groups is 1. The molecule has 0 fully saturated rings. The van der Waals surface area contributed by atoms with Crippen molar-refractivity contribution in [3.63, 3.8) is 0 Å². The fraction of sp³-hybridized carbons (Fsp3) is 0.722. The number of amides is 1. The van der Waals surface area contributed by atoms with E-state index < -0.39 is 0 Å². The maximum atomic E-state index is 12.4. The topological polar surface area (TPSA) is 69.0 Å². The van der Waals surface area contributed by atoms with Crippen molar-refractivity contribution in [1.29, 1.82) is 0 Å². The summed E-state index contributed by atoms with van der Waals surface area (Å²) in [6, 6.07) is 0.129. The van der Waals surface area contributed by atoms with Crippen molar-refractivity contribution in [2.24, 2.45) is 12.0 Å². The molecule has 1 unspecified atom stereocenters. The smallest absolute Gasteiger partial charge is 0.242 e. The van der Waals surface area contributed by atoms with Gasteiger partial charge in [0.15, 0.2) is 5.96 Å². The summed E-state index contributed by atoms with van der Waals surface area (Å²) in [5.41, 5.74) is 1.12. The number of hydrogen-bond acceptors (Lipinski definition) is 4. The van der Waals surface area contributed by atoms with Gasteiger partial charge in [-0.3, -0.25) is 14.5 Å². The zero-order valence-electron chi connectivity index (χ0n) is 17.8. The van der Waals surface area contributed by atoms with E-state index in [9.17, 15) is 4.79 Å². The van der Waals surface area contributed by atoms with Crippen LogP contribution >= 0.6 is 24.0 Å². The molecule has 0 aliphatic heterocycles. The van der Waals surface area contributed by atoms with Crippen LogP contribution in [-0.4, -0.2) is 90.2 Å². The molecule has 1 amide bonds. The van der Waals surface area contributed by atoms with E-state index in [0.29, 0.717) is 13.1 Å². The van der Waals surface area contributed by atoms with Gasteiger partial charge in [0.2, 0.25) is 5.91 Å². The molecule has 0 bridgehead atoms. The number of nitrogens with zero attached hydrogens (tertiary/aromatic N) is 6. The van der Waals surface area contributed by atoms with Gasteiger partial charge in [-0.25, -0.2) is 0 Å². The van der Waals surface area contributed by atoms with Crippen LogP contribution in [0.5, 0.6) is 0 Å². The highest BCUT2D eigenvalue weighted by Crippen LogP contribution is 2.17. The van der Waals surface area contributed by atoms with Gasteiger partial charge in [-0.05, 0) is 34.9 Å². The summed E-state index contributed by atoms with van der Waals surface area (Å²) in [5, 5.41) is 7.54. The number of nitrogens with one attached hydrogen (secondary N) is 1. The standard InChI is InChI=1S/C18H35N7O.HI/c1-8-19-18(23(6)14-17(26)25(9-2)10-3)20-12-16(22(4)5)15-11-21-24(7)13-15;/h11,13,16H,8-10,12,14H2,1-7H3,(H,19,20);1H. The lowest BCUT2D eigenvalue weighted by Gasteiger charge is -2.27. The van der Waals surface area contributed by atoms with E-state index in [-0.39, 0.29) is 35.9 Å². The number of aliphatic imine (C=N–C) groups is 1. The normalized spacial score (nSPS) is 12.5. The lowest BCUT2D eigenvalue weighted by atomic mass is 10.1. The molecule has 8 nitrogen and oxygen atoms in total. The third-order valence-corrected chi connectivity index (χ3v) is 4.33. The fourth-order valence-electron chi connectivity index (χ4n) is 2.78. The third-order valence-electron chi connectivity index (χ3n) is 4.33. The van der Waals surface area contributed by atoms with E-state index in [0.717, 1.165) is 31.2 Å². The van der Waals surface area contributed by atoms with E-state index >= 15 is 0 Å². The van der Waals surface area contributed by atoms with Crippen LogP contribution in [0.4, 0.5) is 0 Å². The summed E-state index contributed by atoms with van der Waals surface area (Å²) in [7, 11) is 7.88. The molecule has 27 heavy (non-hydrogen) atoms. The number of aryl methyl sites for hydroxylation is 1. The lowest BCUT2D eigenvalue weighted by Crippen LogP contribution is -2.46. The van der Waals surface area contributed by atoms with Crippen LogP contribution in [0.25, 0.3) is 0 Å². The molecule has 0 radical (unpaired) electrons. The molecule has 1 N–H and O–H groups in total. The second-order valence-electron chi connectivity index (χ2n) is 6.54. The largest absolute Gasteiger partial charge is 0.357 e. The number of rotatable bonds is 9. The van der Waals surface area contributed by atoms with Gasteiger partial charge < -0.3 is 20.0 Å². The molecule has 0 aliphatic carbocycles. The van der Waals surface area contributed by atoms with E-state index in [1.54, 1.807) is 4.68 Å². The Morgan fingerprint density at radius 2 is 1.89 bits per heavy atom. The van der Waals surface area contributed by atoms with Gasteiger partial charge >= 0.3 is 0 Å². The van der Waals surface area contributed by atoms with Crippen molar-refractivity contribution in [2.75, 3.05) is 53.9 Å². The minimum absolute atomic E-state index is 0. The number of carbonyl (C=O) groups excluding carboxylic acids is 1. The number of hydrogen-bond donors (Lipinski definition) is 1. The molecule has 1 atom stereocenters. The Morgan fingerprint density at radius 3 is 2.33 bits per heavy atom. The molecule has 156 valence electrons. The van der Waals surface area contributed by atoms with Crippen molar-refractivity contribution in [3.05, 3.63) is 18.0 Å². The average Bonchev–Trinajstić information content (AvgIpc) is 3.00. The third kappa shape index (κ3) is 8.04. The summed E-state index contributed by atoms with van der Waals surface area (Å²) in [4.78, 5) is 23.0. The number of guanidine groups is 1. The Kier molecular flexibility index (Phi) is 12.3. The molecule has 0 spiro atoms. The maximum Gasteiger partial charge on any atom is 0.242 e. The first-order chi connectivity index (χ1) is 12.3. The second kappa shape index (κ2) is 12.9. The summed E-state index contributed by atoms with van der Waals surface area (Å²) < 4.78 is 1.80. The summed E-state index contributed by atoms with van der Waals surface area (Å²) in [6.45, 7) is 9.12. The monoisotopic (exact) mass is 493 g/mol. The molecule has 1 aromatic heterocycles. The summed E-state index contributed by atoms with van der Waals surface area (Å²) >= 11 is 0. The van der Waals surface area contributed by atoms with E-state index in [4.69, 9.17) is 4.99 Å². The van der Waals surface area contributed by atoms with Gasteiger partial charge in [0.25, 0.3) is 0 Å². The molecule has 1 aromatic rings. The number of aromatic nitrogens is 2. The Labute approximate surface area is 181 Å². The zero-order chi connectivity index (χ0) is 19.7. The highest BCUT2D eigenvalue weighted by atomic mass is 127. The lowest BCUT2D eigenvalue weighted by molar-refractivity contribution is -0.131. The van der Waals surface area contributed by atoms with Crippen LogP contribution in [0, 0.1) is 0 Å². The molecular weight excluding hydrogens is 457 g/mol. The fourth-order valence-corrected chi connectivity index (χ4v) is 2.78. The van der Waals surface area contributed by atoms with Crippen LogP contribution in [0.3, 0.4) is 0 Å². The first-order valence-corrected chi connectivity index (χ1v) is 9.26. The highest BCUT2D eigenvalue weighted by Gasteiger charge is 2.18. The SMILES string of the molecule is CCNC(=NCC(c1cnn(C)c1)N(C)C)N(C)CC(=O)N(CC)CC.I. The molecule has 0 aliphatic rings.